The highest BCUT2D eigenvalue weighted by Gasteiger charge is 2.52. The first-order chi connectivity index (χ1) is 17.7. The van der Waals surface area contributed by atoms with Crippen molar-refractivity contribution in [3.05, 3.63) is 57.7 Å². The molecule has 4 rings (SSSR count). The van der Waals surface area contributed by atoms with E-state index in [0.717, 1.165) is 25.2 Å². The molecule has 0 unspecified atom stereocenters. The summed E-state index contributed by atoms with van der Waals surface area (Å²) >= 11 is 12.0. The maximum atomic E-state index is 13.0. The van der Waals surface area contributed by atoms with Crippen molar-refractivity contribution in [2.75, 3.05) is 32.7 Å². The number of amides is 2. The van der Waals surface area contributed by atoms with Crippen molar-refractivity contribution in [1.29, 1.82) is 0 Å². The van der Waals surface area contributed by atoms with Crippen LogP contribution >= 0.6 is 23.2 Å². The van der Waals surface area contributed by atoms with Crippen LogP contribution in [0, 0.1) is 5.41 Å². The molecular weight excluding hydrogens is 519 g/mol. The lowest BCUT2D eigenvalue weighted by atomic mass is 9.72. The van der Waals surface area contributed by atoms with Crippen LogP contribution in [0.4, 0.5) is 0 Å². The third-order valence-corrected chi connectivity index (χ3v) is 7.08. The van der Waals surface area contributed by atoms with Gasteiger partial charge in [-0.25, -0.2) is 4.98 Å². The lowest BCUT2D eigenvalue weighted by Crippen LogP contribution is -2.72. The maximum absolute atomic E-state index is 13.0. The molecule has 37 heavy (non-hydrogen) atoms. The van der Waals surface area contributed by atoms with Crippen LogP contribution in [0.5, 0.6) is 5.88 Å². The van der Waals surface area contributed by atoms with Crippen molar-refractivity contribution in [1.82, 2.24) is 20.1 Å². The number of nitrogens with two attached hydrogens (primary N) is 1. The van der Waals surface area contributed by atoms with Gasteiger partial charge in [0.05, 0.1) is 5.02 Å². The zero-order valence-electron chi connectivity index (χ0n) is 20.5. The van der Waals surface area contributed by atoms with E-state index in [9.17, 15) is 9.59 Å². The largest absolute Gasteiger partial charge is 0.463 e. The Labute approximate surface area is 225 Å². The Balaban J connectivity index is 1.25. The number of carbonyl (C=O) groups excluding carboxylic acids is 2. The number of rotatable bonds is 10. The molecule has 2 aliphatic rings. The fourth-order valence-electron chi connectivity index (χ4n) is 4.74. The quantitative estimate of drug-likeness (QED) is 0.180. The summed E-state index contributed by atoms with van der Waals surface area (Å²) in [5.74, 6) is 0.0410. The third-order valence-electron chi connectivity index (χ3n) is 6.60. The molecule has 12 heteroatoms. The van der Waals surface area contributed by atoms with Gasteiger partial charge in [0.25, 0.3) is 11.8 Å². The second-order valence-corrected chi connectivity index (χ2v) is 10.4. The monoisotopic (exact) mass is 548 g/mol. The molecule has 10 nitrogen and oxygen atoms in total. The number of amidine groups is 1. The van der Waals surface area contributed by atoms with Crippen LogP contribution in [0.2, 0.25) is 10.0 Å². The standard InChI is InChI=1S/C25H30Cl2N6O4/c1-2-20(37-23-19(27)9-18(26)11-30-23)22(34)29-10-16-4-3-5-17(8-16)24(35)33-14-25(15-33)12-32(13-25)7-6-21(28)31-36/h3-5,8-9,11,20,36H,2,6-7,10,12-15H2,1H3,(H2,28,31)(H,29,34)/t20-/m1/s1. The molecule has 1 atom stereocenters. The molecule has 2 aromatic rings. The zero-order chi connectivity index (χ0) is 26.6. The molecule has 0 bridgehead atoms. The molecule has 3 heterocycles. The van der Waals surface area contributed by atoms with Crippen molar-refractivity contribution in [3.8, 4) is 5.88 Å². The van der Waals surface area contributed by atoms with Gasteiger partial charge in [0.2, 0.25) is 5.88 Å². The van der Waals surface area contributed by atoms with Crippen LogP contribution in [0.15, 0.2) is 41.7 Å². The van der Waals surface area contributed by atoms with E-state index in [0.29, 0.717) is 36.5 Å². The number of hydrogen-bond acceptors (Lipinski definition) is 7. The lowest BCUT2D eigenvalue weighted by Gasteiger charge is -2.60. The van der Waals surface area contributed by atoms with Gasteiger partial charge in [-0.15, -0.1) is 0 Å². The van der Waals surface area contributed by atoms with E-state index < -0.39 is 6.10 Å². The van der Waals surface area contributed by atoms with Gasteiger partial charge in [-0.1, -0.05) is 47.4 Å². The van der Waals surface area contributed by atoms with Crippen molar-refractivity contribution in [2.45, 2.75) is 32.4 Å². The first kappa shape index (κ1) is 27.0. The molecule has 2 saturated heterocycles. The topological polar surface area (TPSA) is 133 Å². The predicted molar refractivity (Wildman–Crippen MR) is 140 cm³/mol. The number of oxime groups is 1. The number of nitrogens with one attached hydrogen (secondary N) is 1. The molecular formula is C25H30Cl2N6O4. The Morgan fingerprint density at radius 1 is 1.27 bits per heavy atom. The molecule has 1 aromatic heterocycles. The smallest absolute Gasteiger partial charge is 0.261 e. The third kappa shape index (κ3) is 6.44. The number of hydrogen-bond donors (Lipinski definition) is 3. The molecule has 1 aromatic carbocycles. The van der Waals surface area contributed by atoms with Crippen molar-refractivity contribution in [2.24, 2.45) is 16.3 Å². The summed E-state index contributed by atoms with van der Waals surface area (Å²) < 4.78 is 5.69. The van der Waals surface area contributed by atoms with Crippen molar-refractivity contribution in [3.63, 3.8) is 0 Å². The van der Waals surface area contributed by atoms with Gasteiger partial charge in [-0.2, -0.15) is 0 Å². The summed E-state index contributed by atoms with van der Waals surface area (Å²) in [6, 6.07) is 8.77. The molecule has 1 spiro atoms. The molecule has 2 aliphatic heterocycles. The first-order valence-electron chi connectivity index (χ1n) is 12.0. The van der Waals surface area contributed by atoms with E-state index in [1.54, 1.807) is 12.1 Å². The summed E-state index contributed by atoms with van der Waals surface area (Å²) in [7, 11) is 0. The molecule has 2 amide bonds. The number of aromatic nitrogens is 1. The Morgan fingerprint density at radius 3 is 2.70 bits per heavy atom. The minimum absolute atomic E-state index is 0.0212. The molecule has 4 N–H and O–H groups in total. The van der Waals surface area contributed by atoms with Crippen LogP contribution in [0.1, 0.15) is 35.7 Å². The highest BCUT2D eigenvalue weighted by molar-refractivity contribution is 6.35. The predicted octanol–water partition coefficient (Wildman–Crippen LogP) is 2.76. The van der Waals surface area contributed by atoms with Gasteiger partial charge < -0.3 is 30.8 Å². The van der Waals surface area contributed by atoms with Gasteiger partial charge in [-0.3, -0.25) is 9.59 Å². The molecule has 0 aliphatic carbocycles. The lowest BCUT2D eigenvalue weighted by molar-refractivity contribution is -0.128. The van der Waals surface area contributed by atoms with E-state index in [2.05, 4.69) is 20.4 Å². The summed E-state index contributed by atoms with van der Waals surface area (Å²) in [4.78, 5) is 33.9. The second-order valence-electron chi connectivity index (χ2n) is 9.59. The van der Waals surface area contributed by atoms with Crippen LogP contribution in [-0.2, 0) is 11.3 Å². The van der Waals surface area contributed by atoms with E-state index in [-0.39, 0.29) is 40.5 Å². The maximum Gasteiger partial charge on any atom is 0.261 e. The number of halogens is 2. The first-order valence-corrected chi connectivity index (χ1v) is 12.8. The van der Waals surface area contributed by atoms with Crippen LogP contribution in [0.25, 0.3) is 0 Å². The molecule has 0 saturated carbocycles. The Bertz CT molecular complexity index is 1180. The highest BCUT2D eigenvalue weighted by atomic mass is 35.5. The van der Waals surface area contributed by atoms with Gasteiger partial charge >= 0.3 is 0 Å². The normalized spacial score (nSPS) is 17.6. The SMILES string of the molecule is CC[C@@H](Oc1ncc(Cl)cc1Cl)C(=O)NCc1cccc(C(=O)N2CC3(CN(CC/C(N)=N/O)C3)C2)c1. The summed E-state index contributed by atoms with van der Waals surface area (Å²) in [6.07, 6.45) is 1.57. The van der Waals surface area contributed by atoms with E-state index in [1.807, 2.05) is 24.0 Å². The van der Waals surface area contributed by atoms with Crippen molar-refractivity contribution >= 4 is 40.9 Å². The van der Waals surface area contributed by atoms with E-state index in [4.69, 9.17) is 38.9 Å². The number of ether oxygens (including phenoxy) is 1. The van der Waals surface area contributed by atoms with Crippen LogP contribution in [0.3, 0.4) is 0 Å². The average molecular weight is 549 g/mol. The van der Waals surface area contributed by atoms with E-state index >= 15 is 0 Å². The van der Waals surface area contributed by atoms with Crippen LogP contribution in [-0.4, -0.2) is 76.5 Å². The number of nitrogens with zero attached hydrogens (tertiary/aromatic N) is 4. The minimum atomic E-state index is -0.775. The fourth-order valence-corrected chi connectivity index (χ4v) is 5.16. The van der Waals surface area contributed by atoms with Gasteiger partial charge in [0.1, 0.15) is 10.9 Å². The van der Waals surface area contributed by atoms with Crippen molar-refractivity contribution < 1.29 is 19.5 Å². The zero-order valence-corrected chi connectivity index (χ0v) is 22.0. The molecule has 0 radical (unpaired) electrons. The van der Waals surface area contributed by atoms with Gasteiger partial charge in [0, 0.05) is 62.9 Å². The molecule has 2 fully saturated rings. The Morgan fingerprint density at radius 2 is 2.03 bits per heavy atom. The van der Waals surface area contributed by atoms with Gasteiger partial charge in [0.15, 0.2) is 6.10 Å². The molecule has 198 valence electrons. The second kappa shape index (κ2) is 11.5. The number of benzene rings is 1. The number of likely N-dealkylation sites (tertiary alicyclic amines) is 2. The van der Waals surface area contributed by atoms with E-state index in [1.165, 1.54) is 12.3 Å². The van der Waals surface area contributed by atoms with Crippen LogP contribution < -0.4 is 15.8 Å². The summed E-state index contributed by atoms with van der Waals surface area (Å²) in [5, 5.41) is 15.1. The summed E-state index contributed by atoms with van der Waals surface area (Å²) in [6.45, 7) is 6.05. The Kier molecular flexibility index (Phi) is 8.41. The number of carbonyl (C=O) groups is 2. The average Bonchev–Trinajstić information content (AvgIpc) is 2.84. The van der Waals surface area contributed by atoms with Gasteiger partial charge in [-0.05, 0) is 30.2 Å². The Hall–Kier alpha value is -3.08. The highest BCUT2D eigenvalue weighted by Crippen LogP contribution is 2.40. The number of pyridine rings is 1. The fraction of sp³-hybridized carbons (Fsp3) is 0.440. The summed E-state index contributed by atoms with van der Waals surface area (Å²) in [5.41, 5.74) is 7.07. The minimum Gasteiger partial charge on any atom is -0.463 e.